The second-order valence-corrected chi connectivity index (χ2v) is 7.35. The van der Waals surface area contributed by atoms with Gasteiger partial charge in [-0.25, -0.2) is 0 Å². The fraction of sp³-hybridized carbons (Fsp3) is 0.278. The Kier molecular flexibility index (Phi) is 5.68. The third-order valence-corrected chi connectivity index (χ3v) is 5.15. The van der Waals surface area contributed by atoms with Crippen molar-refractivity contribution in [1.29, 1.82) is 0 Å². The second-order valence-electron chi connectivity index (χ2n) is 6.00. The van der Waals surface area contributed by atoms with E-state index in [9.17, 15) is 4.79 Å². The predicted octanol–water partition coefficient (Wildman–Crippen LogP) is 4.81. The number of nitrogens with one attached hydrogen (secondary N) is 1. The molecule has 136 valence electrons. The number of halogens is 1. The van der Waals surface area contributed by atoms with Gasteiger partial charge in [-0.1, -0.05) is 29.4 Å². The molecule has 0 aliphatic heterocycles. The molecule has 2 aromatic heterocycles. The van der Waals surface area contributed by atoms with E-state index in [1.165, 1.54) is 11.8 Å². The van der Waals surface area contributed by atoms with E-state index in [1.807, 2.05) is 49.6 Å². The van der Waals surface area contributed by atoms with Gasteiger partial charge in [0.25, 0.3) is 0 Å². The van der Waals surface area contributed by atoms with Crippen LogP contribution in [0.15, 0.2) is 46.2 Å². The van der Waals surface area contributed by atoms with Crippen LogP contribution in [0.4, 0.5) is 5.69 Å². The minimum atomic E-state index is -0.127. The van der Waals surface area contributed by atoms with Crippen molar-refractivity contribution in [3.8, 4) is 11.6 Å². The summed E-state index contributed by atoms with van der Waals surface area (Å²) in [5.41, 5.74) is 1.56. The van der Waals surface area contributed by atoms with E-state index in [-0.39, 0.29) is 17.7 Å². The Labute approximate surface area is 160 Å². The third kappa shape index (κ3) is 3.94. The van der Waals surface area contributed by atoms with Crippen LogP contribution in [-0.4, -0.2) is 26.4 Å². The summed E-state index contributed by atoms with van der Waals surface area (Å²) in [6.45, 7) is 5.95. The van der Waals surface area contributed by atoms with E-state index >= 15 is 0 Å². The summed E-state index contributed by atoms with van der Waals surface area (Å²) in [4.78, 5) is 12.3. The van der Waals surface area contributed by atoms with Gasteiger partial charge in [-0.2, -0.15) is 0 Å². The van der Waals surface area contributed by atoms with Crippen LogP contribution in [-0.2, 0) is 4.79 Å². The van der Waals surface area contributed by atoms with Crippen LogP contribution in [0, 0.1) is 6.92 Å². The van der Waals surface area contributed by atoms with Crippen molar-refractivity contribution >= 4 is 35.0 Å². The van der Waals surface area contributed by atoms with Gasteiger partial charge < -0.3 is 9.73 Å². The number of thioether (sulfide) groups is 1. The molecule has 1 N–H and O–H groups in total. The van der Waals surface area contributed by atoms with Gasteiger partial charge in [0.2, 0.25) is 11.7 Å². The number of carbonyl (C=O) groups is 1. The lowest BCUT2D eigenvalue weighted by Crippen LogP contribution is -2.15. The highest BCUT2D eigenvalue weighted by molar-refractivity contribution is 7.99. The molecule has 0 spiro atoms. The zero-order chi connectivity index (χ0) is 18.7. The van der Waals surface area contributed by atoms with Crippen LogP contribution in [0.1, 0.15) is 25.5 Å². The fourth-order valence-corrected chi connectivity index (χ4v) is 3.52. The number of hydrogen-bond acceptors (Lipinski definition) is 5. The molecule has 1 amide bonds. The normalized spacial score (nSPS) is 11.1. The topological polar surface area (TPSA) is 73.0 Å². The first-order valence-corrected chi connectivity index (χ1v) is 9.50. The molecule has 0 saturated heterocycles. The van der Waals surface area contributed by atoms with E-state index in [1.54, 1.807) is 12.3 Å². The number of furan rings is 1. The molecule has 0 atom stereocenters. The highest BCUT2D eigenvalue weighted by Gasteiger charge is 2.19. The summed E-state index contributed by atoms with van der Waals surface area (Å²) >= 11 is 7.42. The monoisotopic (exact) mass is 390 g/mol. The maximum atomic E-state index is 12.3. The minimum absolute atomic E-state index is 0.127. The molecule has 2 heterocycles. The van der Waals surface area contributed by atoms with E-state index in [0.29, 0.717) is 27.5 Å². The van der Waals surface area contributed by atoms with Crippen LogP contribution in [0.3, 0.4) is 0 Å². The highest BCUT2D eigenvalue weighted by Crippen LogP contribution is 2.28. The van der Waals surface area contributed by atoms with E-state index < -0.39 is 0 Å². The molecule has 26 heavy (non-hydrogen) atoms. The van der Waals surface area contributed by atoms with Crippen molar-refractivity contribution in [2.45, 2.75) is 32.0 Å². The molecule has 0 unspecified atom stereocenters. The van der Waals surface area contributed by atoms with E-state index in [4.69, 9.17) is 16.0 Å². The zero-order valence-electron chi connectivity index (χ0n) is 14.7. The Morgan fingerprint density at radius 2 is 2.12 bits per heavy atom. The molecular formula is C18H19ClN4O2S. The van der Waals surface area contributed by atoms with Crippen LogP contribution < -0.4 is 5.32 Å². The number of benzene rings is 1. The second kappa shape index (κ2) is 7.97. The number of anilines is 1. The number of carbonyl (C=O) groups excluding carboxylic acids is 1. The molecule has 6 nitrogen and oxygen atoms in total. The quantitative estimate of drug-likeness (QED) is 0.611. The number of rotatable bonds is 6. The Hall–Kier alpha value is -2.25. The number of aromatic nitrogens is 3. The van der Waals surface area contributed by atoms with Crippen LogP contribution >= 0.6 is 23.4 Å². The van der Waals surface area contributed by atoms with Crippen LogP contribution in [0.25, 0.3) is 11.6 Å². The summed E-state index contributed by atoms with van der Waals surface area (Å²) in [5.74, 6) is 1.39. The molecule has 0 aliphatic carbocycles. The molecule has 3 aromatic rings. The van der Waals surface area contributed by atoms with E-state index in [2.05, 4.69) is 15.5 Å². The Morgan fingerprint density at radius 3 is 2.81 bits per heavy atom. The smallest absolute Gasteiger partial charge is 0.234 e. The summed E-state index contributed by atoms with van der Waals surface area (Å²) in [6, 6.07) is 9.21. The standard InChI is InChI=1S/C18H19ClN4O2S/c1-11(2)23-17(15-8-5-9-25-15)21-22-18(23)26-10-16(24)20-14-7-4-6-13(19)12(14)3/h4-9,11H,10H2,1-3H3,(H,20,24). The average molecular weight is 391 g/mol. The van der Waals surface area contributed by atoms with Gasteiger partial charge in [-0.3, -0.25) is 9.36 Å². The molecule has 1 aromatic carbocycles. The molecule has 8 heteroatoms. The molecule has 0 fully saturated rings. The Bertz CT molecular complexity index is 906. The predicted molar refractivity (Wildman–Crippen MR) is 104 cm³/mol. The Morgan fingerprint density at radius 1 is 1.31 bits per heavy atom. The van der Waals surface area contributed by atoms with Crippen molar-refractivity contribution < 1.29 is 9.21 Å². The SMILES string of the molecule is Cc1c(Cl)cccc1NC(=O)CSc1nnc(-c2ccco2)n1C(C)C. The first-order valence-electron chi connectivity index (χ1n) is 8.14. The third-order valence-electron chi connectivity index (χ3n) is 3.80. The first kappa shape index (κ1) is 18.5. The summed E-state index contributed by atoms with van der Waals surface area (Å²) in [7, 11) is 0. The number of hydrogen-bond donors (Lipinski definition) is 1. The average Bonchev–Trinajstić information content (AvgIpc) is 3.26. The summed E-state index contributed by atoms with van der Waals surface area (Å²) in [5, 5.41) is 12.6. The van der Waals surface area contributed by atoms with Crippen molar-refractivity contribution in [2.24, 2.45) is 0 Å². The molecule has 0 aliphatic rings. The zero-order valence-corrected chi connectivity index (χ0v) is 16.3. The van der Waals surface area contributed by atoms with Gasteiger partial charge in [0.15, 0.2) is 10.9 Å². The van der Waals surface area contributed by atoms with Gasteiger partial charge in [0.05, 0.1) is 12.0 Å². The number of amides is 1. The minimum Gasteiger partial charge on any atom is -0.461 e. The lowest BCUT2D eigenvalue weighted by Gasteiger charge is -2.13. The van der Waals surface area contributed by atoms with Gasteiger partial charge in [-0.15, -0.1) is 10.2 Å². The largest absolute Gasteiger partial charge is 0.461 e. The van der Waals surface area contributed by atoms with E-state index in [0.717, 1.165) is 5.56 Å². The van der Waals surface area contributed by atoms with Crippen molar-refractivity contribution in [3.05, 3.63) is 47.2 Å². The molecule has 0 bridgehead atoms. The number of nitrogens with zero attached hydrogens (tertiary/aromatic N) is 3. The molecule has 3 rings (SSSR count). The molecule has 0 saturated carbocycles. The van der Waals surface area contributed by atoms with Crippen molar-refractivity contribution in [2.75, 3.05) is 11.1 Å². The van der Waals surface area contributed by atoms with Crippen LogP contribution in [0.2, 0.25) is 5.02 Å². The maximum Gasteiger partial charge on any atom is 0.234 e. The van der Waals surface area contributed by atoms with Crippen LogP contribution in [0.5, 0.6) is 0 Å². The lowest BCUT2D eigenvalue weighted by molar-refractivity contribution is -0.113. The van der Waals surface area contributed by atoms with Crippen molar-refractivity contribution in [3.63, 3.8) is 0 Å². The fourth-order valence-electron chi connectivity index (χ4n) is 2.47. The van der Waals surface area contributed by atoms with Crippen molar-refractivity contribution in [1.82, 2.24) is 14.8 Å². The van der Waals surface area contributed by atoms with Gasteiger partial charge in [0.1, 0.15) is 0 Å². The Balaban J connectivity index is 1.71. The first-order chi connectivity index (χ1) is 12.5. The lowest BCUT2D eigenvalue weighted by atomic mass is 10.2. The maximum absolute atomic E-state index is 12.3. The van der Waals surface area contributed by atoms with Gasteiger partial charge in [-0.05, 0) is 50.6 Å². The molecular weight excluding hydrogens is 372 g/mol. The van der Waals surface area contributed by atoms with Gasteiger partial charge in [0, 0.05) is 16.8 Å². The molecule has 0 radical (unpaired) electrons. The summed E-state index contributed by atoms with van der Waals surface area (Å²) < 4.78 is 7.39. The van der Waals surface area contributed by atoms with Gasteiger partial charge >= 0.3 is 0 Å². The summed E-state index contributed by atoms with van der Waals surface area (Å²) in [6.07, 6.45) is 1.60. The highest BCUT2D eigenvalue weighted by atomic mass is 35.5.